The van der Waals surface area contributed by atoms with Crippen LogP contribution < -0.4 is 0 Å². The third-order valence-electron chi connectivity index (χ3n) is 3.05. The molecule has 1 aromatic heterocycles. The van der Waals surface area contributed by atoms with Gasteiger partial charge in [-0.1, -0.05) is 20.8 Å². The largest absolute Gasteiger partial charge is 0.392 e. The van der Waals surface area contributed by atoms with Crippen molar-refractivity contribution in [1.82, 2.24) is 14.8 Å². The molecule has 0 aromatic carbocycles. The molecule has 1 N–H and O–H groups in total. The number of hydrogen-bond acceptors (Lipinski definition) is 3. The summed E-state index contributed by atoms with van der Waals surface area (Å²) < 4.78 is 1.83. The summed E-state index contributed by atoms with van der Waals surface area (Å²) in [6, 6.07) is 0. The van der Waals surface area contributed by atoms with Gasteiger partial charge in [-0.05, 0) is 18.8 Å². The number of aromatic nitrogens is 3. The molecule has 0 amide bonds. The predicted octanol–water partition coefficient (Wildman–Crippen LogP) is 1.49. The van der Waals surface area contributed by atoms with E-state index < -0.39 is 0 Å². The van der Waals surface area contributed by atoms with Crippen molar-refractivity contribution in [3.63, 3.8) is 0 Å². The summed E-state index contributed by atoms with van der Waals surface area (Å²) in [6.45, 7) is 9.15. The predicted molar refractivity (Wildman–Crippen MR) is 59.4 cm³/mol. The third kappa shape index (κ3) is 3.02. The fourth-order valence-electron chi connectivity index (χ4n) is 1.53. The molecule has 86 valence electrons. The number of hydrogen-bond donors (Lipinski definition) is 1. The van der Waals surface area contributed by atoms with Crippen molar-refractivity contribution < 1.29 is 5.11 Å². The quantitative estimate of drug-likeness (QED) is 0.803. The standard InChI is InChI=1S/C11H21N3O/c1-5-14-11(12-7-13-14)6-10(15)9(4)8(2)3/h7-10,15H,5-6H2,1-4H3. The number of nitrogens with zero attached hydrogens (tertiary/aromatic N) is 3. The van der Waals surface area contributed by atoms with Crippen molar-refractivity contribution in [3.8, 4) is 0 Å². The summed E-state index contributed by atoms with van der Waals surface area (Å²) in [5.74, 6) is 1.64. The molecule has 1 heterocycles. The van der Waals surface area contributed by atoms with Crippen molar-refractivity contribution in [3.05, 3.63) is 12.2 Å². The van der Waals surface area contributed by atoms with Gasteiger partial charge in [-0.2, -0.15) is 5.10 Å². The molecule has 0 saturated heterocycles. The lowest BCUT2D eigenvalue weighted by molar-refractivity contribution is 0.0892. The van der Waals surface area contributed by atoms with Crippen LogP contribution in [0.4, 0.5) is 0 Å². The Labute approximate surface area is 91.3 Å². The highest BCUT2D eigenvalue weighted by Gasteiger charge is 2.19. The molecule has 15 heavy (non-hydrogen) atoms. The maximum Gasteiger partial charge on any atom is 0.138 e. The lowest BCUT2D eigenvalue weighted by atomic mass is 9.90. The second kappa shape index (κ2) is 5.26. The fourth-order valence-corrected chi connectivity index (χ4v) is 1.53. The zero-order valence-electron chi connectivity index (χ0n) is 10.0. The van der Waals surface area contributed by atoms with Crippen LogP contribution >= 0.6 is 0 Å². The van der Waals surface area contributed by atoms with Crippen LogP contribution in [-0.2, 0) is 13.0 Å². The molecule has 0 spiro atoms. The van der Waals surface area contributed by atoms with Crippen LogP contribution in [0, 0.1) is 11.8 Å². The van der Waals surface area contributed by atoms with Gasteiger partial charge in [0.15, 0.2) is 0 Å². The number of aliphatic hydroxyl groups is 1. The molecule has 2 unspecified atom stereocenters. The van der Waals surface area contributed by atoms with E-state index in [9.17, 15) is 5.11 Å². The lowest BCUT2D eigenvalue weighted by Crippen LogP contribution is -2.26. The van der Waals surface area contributed by atoms with Crippen molar-refractivity contribution >= 4 is 0 Å². The molecular formula is C11H21N3O. The van der Waals surface area contributed by atoms with Crippen LogP contribution in [0.2, 0.25) is 0 Å². The van der Waals surface area contributed by atoms with E-state index in [0.29, 0.717) is 12.3 Å². The average Bonchev–Trinajstić information content (AvgIpc) is 2.63. The highest BCUT2D eigenvalue weighted by atomic mass is 16.3. The molecule has 0 aliphatic rings. The van der Waals surface area contributed by atoms with Gasteiger partial charge >= 0.3 is 0 Å². The summed E-state index contributed by atoms with van der Waals surface area (Å²) in [7, 11) is 0. The first-order valence-electron chi connectivity index (χ1n) is 5.61. The molecule has 0 aliphatic carbocycles. The summed E-state index contributed by atoms with van der Waals surface area (Å²) in [5.41, 5.74) is 0. The molecule has 1 rings (SSSR count). The molecule has 0 fully saturated rings. The Morgan fingerprint density at radius 2 is 2.07 bits per heavy atom. The minimum atomic E-state index is -0.334. The van der Waals surface area contributed by atoms with Crippen molar-refractivity contribution in [1.29, 1.82) is 0 Å². The Kier molecular flexibility index (Phi) is 4.27. The fraction of sp³-hybridized carbons (Fsp3) is 0.818. The number of aryl methyl sites for hydroxylation is 1. The highest BCUT2D eigenvalue weighted by molar-refractivity contribution is 4.89. The zero-order chi connectivity index (χ0) is 11.4. The molecule has 0 bridgehead atoms. The van der Waals surface area contributed by atoms with Crippen LogP contribution in [0.15, 0.2) is 6.33 Å². The van der Waals surface area contributed by atoms with Crippen LogP contribution in [0.5, 0.6) is 0 Å². The van der Waals surface area contributed by atoms with E-state index in [4.69, 9.17) is 0 Å². The first kappa shape index (κ1) is 12.2. The van der Waals surface area contributed by atoms with Crippen molar-refractivity contribution in [2.45, 2.75) is 46.8 Å². The summed E-state index contributed by atoms with van der Waals surface area (Å²) >= 11 is 0. The Balaban J connectivity index is 2.61. The molecule has 4 nitrogen and oxygen atoms in total. The topological polar surface area (TPSA) is 50.9 Å². The maximum absolute atomic E-state index is 10.00. The minimum Gasteiger partial charge on any atom is -0.392 e. The van der Waals surface area contributed by atoms with Crippen LogP contribution in [0.3, 0.4) is 0 Å². The first-order valence-corrected chi connectivity index (χ1v) is 5.61. The molecule has 1 aromatic rings. The Bertz CT molecular complexity index is 296. The zero-order valence-corrected chi connectivity index (χ0v) is 10.0. The Hall–Kier alpha value is -0.900. The van der Waals surface area contributed by atoms with Gasteiger partial charge in [-0.3, -0.25) is 4.68 Å². The second-order valence-electron chi connectivity index (χ2n) is 4.37. The maximum atomic E-state index is 10.00. The lowest BCUT2D eigenvalue weighted by Gasteiger charge is -2.21. The van der Waals surface area contributed by atoms with Gasteiger partial charge < -0.3 is 5.11 Å². The smallest absolute Gasteiger partial charge is 0.138 e. The summed E-state index contributed by atoms with van der Waals surface area (Å²) in [6.07, 6.45) is 1.80. The third-order valence-corrected chi connectivity index (χ3v) is 3.05. The van der Waals surface area contributed by atoms with E-state index in [0.717, 1.165) is 12.4 Å². The monoisotopic (exact) mass is 211 g/mol. The van der Waals surface area contributed by atoms with Gasteiger partial charge in [0.25, 0.3) is 0 Å². The molecule has 4 heteroatoms. The number of rotatable bonds is 5. The summed E-state index contributed by atoms with van der Waals surface area (Å²) in [5, 5.41) is 14.1. The van der Waals surface area contributed by atoms with E-state index in [1.54, 1.807) is 6.33 Å². The van der Waals surface area contributed by atoms with E-state index in [1.807, 2.05) is 11.6 Å². The van der Waals surface area contributed by atoms with E-state index >= 15 is 0 Å². The van der Waals surface area contributed by atoms with Gasteiger partial charge in [0.1, 0.15) is 12.2 Å². The number of aliphatic hydroxyl groups excluding tert-OH is 1. The van der Waals surface area contributed by atoms with Gasteiger partial charge in [0, 0.05) is 13.0 Å². The van der Waals surface area contributed by atoms with Crippen LogP contribution in [0.25, 0.3) is 0 Å². The Morgan fingerprint density at radius 3 is 2.60 bits per heavy atom. The SMILES string of the molecule is CCn1ncnc1CC(O)C(C)C(C)C. The molecular weight excluding hydrogens is 190 g/mol. The van der Waals surface area contributed by atoms with E-state index in [1.165, 1.54) is 0 Å². The minimum absolute atomic E-state index is 0.284. The molecule has 2 atom stereocenters. The normalized spacial score (nSPS) is 15.6. The molecule has 0 saturated carbocycles. The van der Waals surface area contributed by atoms with Gasteiger partial charge in [-0.25, -0.2) is 4.98 Å². The van der Waals surface area contributed by atoms with Crippen LogP contribution in [0.1, 0.15) is 33.5 Å². The van der Waals surface area contributed by atoms with Crippen molar-refractivity contribution in [2.24, 2.45) is 11.8 Å². The molecule has 0 aliphatic heterocycles. The van der Waals surface area contributed by atoms with E-state index in [2.05, 4.69) is 30.9 Å². The second-order valence-corrected chi connectivity index (χ2v) is 4.37. The Morgan fingerprint density at radius 1 is 1.40 bits per heavy atom. The average molecular weight is 211 g/mol. The first-order chi connectivity index (χ1) is 7.06. The van der Waals surface area contributed by atoms with Crippen LogP contribution in [-0.4, -0.2) is 26.0 Å². The van der Waals surface area contributed by atoms with Gasteiger partial charge in [0.2, 0.25) is 0 Å². The van der Waals surface area contributed by atoms with Crippen molar-refractivity contribution in [2.75, 3.05) is 0 Å². The van der Waals surface area contributed by atoms with Gasteiger partial charge in [0.05, 0.1) is 6.10 Å². The summed E-state index contributed by atoms with van der Waals surface area (Å²) in [4.78, 5) is 4.16. The van der Waals surface area contributed by atoms with E-state index in [-0.39, 0.29) is 12.0 Å². The highest BCUT2D eigenvalue weighted by Crippen LogP contribution is 2.17. The van der Waals surface area contributed by atoms with Gasteiger partial charge in [-0.15, -0.1) is 0 Å². The molecule has 0 radical (unpaired) electrons.